The van der Waals surface area contributed by atoms with E-state index in [0.29, 0.717) is 30.3 Å². The van der Waals surface area contributed by atoms with Gasteiger partial charge in [0.25, 0.3) is 5.91 Å². The second-order valence-corrected chi connectivity index (χ2v) is 8.12. The van der Waals surface area contributed by atoms with E-state index in [9.17, 15) is 9.59 Å². The zero-order chi connectivity index (χ0) is 22.0. The number of benzene rings is 1. The van der Waals surface area contributed by atoms with Gasteiger partial charge in [-0.05, 0) is 25.0 Å². The summed E-state index contributed by atoms with van der Waals surface area (Å²) in [4.78, 5) is 30.5. The van der Waals surface area contributed by atoms with Crippen molar-refractivity contribution in [1.29, 1.82) is 0 Å². The Morgan fingerprint density at radius 3 is 2.52 bits per heavy atom. The summed E-state index contributed by atoms with van der Waals surface area (Å²) >= 11 is 0. The molecule has 0 saturated carbocycles. The first kappa shape index (κ1) is 21.7. The topological polar surface area (TPSA) is 73.2 Å². The number of ether oxygens (including phenoxy) is 2. The predicted octanol–water partition coefficient (Wildman–Crippen LogP) is 2.00. The molecular weight excluding hydrogens is 417 g/mol. The highest BCUT2D eigenvalue weighted by Gasteiger charge is 2.33. The number of carbonyl (C=O) groups is 1. The van der Waals surface area contributed by atoms with Gasteiger partial charge in [0.1, 0.15) is 17.2 Å². The maximum Gasteiger partial charge on any atom is 0.270 e. The quantitative estimate of drug-likeness (QED) is 0.634. The van der Waals surface area contributed by atoms with Crippen molar-refractivity contribution >= 4 is 15.4 Å². The molecular formula is C22H28N3O5P. The summed E-state index contributed by atoms with van der Waals surface area (Å²) in [5.74, 6) is 1.37. The number of hydrogen-bond acceptors (Lipinski definition) is 6. The van der Waals surface area contributed by atoms with Crippen LogP contribution in [0.25, 0.3) is 0 Å². The Kier molecular flexibility index (Phi) is 6.49. The van der Waals surface area contributed by atoms with E-state index >= 15 is 0 Å². The summed E-state index contributed by atoms with van der Waals surface area (Å²) < 4.78 is 17.7. The van der Waals surface area contributed by atoms with Gasteiger partial charge in [-0.3, -0.25) is 9.59 Å². The summed E-state index contributed by atoms with van der Waals surface area (Å²) in [6.07, 6.45) is 3.52. The normalized spacial score (nSPS) is 20.3. The van der Waals surface area contributed by atoms with Crippen LogP contribution in [0.2, 0.25) is 0 Å². The number of nitrogens with zero attached hydrogens (tertiary/aromatic N) is 3. The van der Waals surface area contributed by atoms with Gasteiger partial charge in [0.2, 0.25) is 5.43 Å². The van der Waals surface area contributed by atoms with Crippen molar-refractivity contribution in [3.63, 3.8) is 0 Å². The van der Waals surface area contributed by atoms with E-state index in [1.807, 2.05) is 17.0 Å². The minimum absolute atomic E-state index is 0.117. The first-order valence-corrected chi connectivity index (χ1v) is 10.9. The fourth-order valence-corrected chi connectivity index (χ4v) is 4.60. The molecule has 0 aliphatic carbocycles. The Morgan fingerprint density at radius 1 is 1.06 bits per heavy atom. The van der Waals surface area contributed by atoms with Gasteiger partial charge in [0, 0.05) is 49.9 Å². The minimum atomic E-state index is -0.320. The monoisotopic (exact) mass is 445 g/mol. The molecule has 3 saturated heterocycles. The van der Waals surface area contributed by atoms with Crippen molar-refractivity contribution in [3.8, 4) is 17.2 Å². The van der Waals surface area contributed by atoms with E-state index in [2.05, 4.69) is 14.4 Å². The maximum absolute atomic E-state index is 13.6. The predicted molar refractivity (Wildman–Crippen MR) is 120 cm³/mol. The van der Waals surface area contributed by atoms with Crippen LogP contribution in [0.3, 0.4) is 0 Å². The van der Waals surface area contributed by atoms with Crippen molar-refractivity contribution in [3.05, 3.63) is 51.9 Å². The first-order chi connectivity index (χ1) is 15.0. The smallest absolute Gasteiger partial charge is 0.270 e. The number of fused-ring (bicyclic) bond motifs is 4. The Balaban J connectivity index is 1.72. The number of piperidine rings is 1. The molecule has 1 amide bonds. The number of pyridine rings is 1. The molecule has 1 atom stereocenters. The molecule has 1 unspecified atom stereocenters. The van der Waals surface area contributed by atoms with Crippen LogP contribution in [0, 0.1) is 0 Å². The molecule has 0 radical (unpaired) electrons. The average Bonchev–Trinajstić information content (AvgIpc) is 3.13. The summed E-state index contributed by atoms with van der Waals surface area (Å²) in [5.41, 5.74) is 0.895. The fraction of sp³-hybridized carbons (Fsp3) is 0.455. The molecule has 8 nitrogen and oxygen atoms in total. The van der Waals surface area contributed by atoms with Crippen LogP contribution in [-0.2, 0) is 6.54 Å². The van der Waals surface area contributed by atoms with Crippen molar-refractivity contribution in [2.75, 3.05) is 40.4 Å². The second kappa shape index (κ2) is 9.28. The largest absolute Gasteiger partial charge is 0.497 e. The van der Waals surface area contributed by atoms with Gasteiger partial charge in [-0.25, -0.2) is 0 Å². The number of carbonyl (C=O) groups excluding carboxylic acids is 1. The molecule has 9 heteroatoms. The molecule has 0 spiro atoms. The molecule has 3 fully saturated rings. The van der Waals surface area contributed by atoms with Gasteiger partial charge in [0.05, 0.1) is 36.4 Å². The summed E-state index contributed by atoms with van der Waals surface area (Å²) in [6.45, 7) is 3.92. The van der Waals surface area contributed by atoms with Crippen LogP contribution in [0.4, 0.5) is 0 Å². The van der Waals surface area contributed by atoms with Crippen LogP contribution >= 0.6 is 9.47 Å². The van der Waals surface area contributed by atoms with Crippen molar-refractivity contribution < 1.29 is 18.8 Å². The third kappa shape index (κ3) is 4.41. The number of amides is 1. The number of hydrogen-bond donors (Lipinski definition) is 0. The highest BCUT2D eigenvalue weighted by Crippen LogP contribution is 2.27. The van der Waals surface area contributed by atoms with Crippen molar-refractivity contribution in [1.82, 2.24) is 14.4 Å². The van der Waals surface area contributed by atoms with E-state index in [1.165, 1.54) is 6.07 Å². The molecule has 3 aliphatic rings. The number of aromatic nitrogens is 1. The summed E-state index contributed by atoms with van der Waals surface area (Å²) in [6, 6.07) is 7.13. The van der Waals surface area contributed by atoms with Crippen LogP contribution in [0.15, 0.2) is 35.3 Å². The average molecular weight is 445 g/mol. The Hall–Kier alpha value is -2.57. The second-order valence-electron chi connectivity index (χ2n) is 7.88. The lowest BCUT2D eigenvalue weighted by Gasteiger charge is -2.32. The van der Waals surface area contributed by atoms with Crippen molar-refractivity contribution in [2.45, 2.75) is 25.4 Å². The molecule has 2 bridgehead atoms. The van der Waals surface area contributed by atoms with E-state index in [1.54, 1.807) is 31.0 Å². The van der Waals surface area contributed by atoms with E-state index in [-0.39, 0.29) is 23.1 Å². The molecule has 3 aliphatic heterocycles. The minimum Gasteiger partial charge on any atom is -0.497 e. The van der Waals surface area contributed by atoms with E-state index < -0.39 is 0 Å². The van der Waals surface area contributed by atoms with Gasteiger partial charge in [-0.15, -0.1) is 0 Å². The highest BCUT2D eigenvalue weighted by atomic mass is 31.0. The van der Waals surface area contributed by atoms with Crippen LogP contribution in [0.5, 0.6) is 17.2 Å². The molecule has 166 valence electrons. The molecule has 31 heavy (non-hydrogen) atoms. The summed E-state index contributed by atoms with van der Waals surface area (Å²) in [5, 5.41) is 0. The highest BCUT2D eigenvalue weighted by molar-refractivity contribution is 7.10. The third-order valence-electron chi connectivity index (χ3n) is 6.19. The Bertz CT molecular complexity index is 1020. The molecule has 1 aromatic carbocycles. The standard InChI is InChI=1S/C22H28N3O5P/c1-28-17-4-3-15(20(11-17)29-2)13-24-14-21(30-31)19(26)12-18(24)22(27)25-10-9-23-7-5-16(25)6-8-23/h3-4,11-12,14,16H,5-10,13,31H2,1-2H3. The molecule has 5 rings (SSSR count). The molecule has 4 heterocycles. The van der Waals surface area contributed by atoms with Gasteiger partial charge in [-0.2, -0.15) is 0 Å². The van der Waals surface area contributed by atoms with Crippen LogP contribution in [0.1, 0.15) is 28.9 Å². The number of rotatable bonds is 6. The lowest BCUT2D eigenvalue weighted by molar-refractivity contribution is 0.0673. The zero-order valence-electron chi connectivity index (χ0n) is 17.9. The molecule has 0 N–H and O–H groups in total. The van der Waals surface area contributed by atoms with E-state index in [0.717, 1.165) is 38.0 Å². The van der Waals surface area contributed by atoms with Crippen LogP contribution in [-0.4, -0.2) is 66.7 Å². The van der Waals surface area contributed by atoms with Gasteiger partial charge >= 0.3 is 0 Å². The molecule has 1 aromatic heterocycles. The molecule has 2 aromatic rings. The van der Waals surface area contributed by atoms with Gasteiger partial charge in [-0.1, -0.05) is 0 Å². The third-order valence-corrected chi connectivity index (χ3v) is 6.44. The fourth-order valence-electron chi connectivity index (χ4n) is 4.42. The first-order valence-electron chi connectivity index (χ1n) is 10.4. The maximum atomic E-state index is 13.6. The van der Waals surface area contributed by atoms with Gasteiger partial charge < -0.3 is 28.4 Å². The zero-order valence-corrected chi connectivity index (χ0v) is 19.0. The Labute approximate surface area is 184 Å². The lowest BCUT2D eigenvalue weighted by atomic mass is 10.0. The number of methoxy groups -OCH3 is 2. The van der Waals surface area contributed by atoms with Crippen LogP contribution < -0.4 is 19.4 Å². The summed E-state index contributed by atoms with van der Waals surface area (Å²) in [7, 11) is 5.29. The SMILES string of the molecule is COc1ccc(Cn2cc(OP)c(=O)cc2C(=O)N2CCN3CCC2CC3)c(OC)c1. The lowest BCUT2D eigenvalue weighted by Crippen LogP contribution is -2.43. The van der Waals surface area contributed by atoms with Gasteiger partial charge in [0.15, 0.2) is 5.75 Å². The van der Waals surface area contributed by atoms with Crippen molar-refractivity contribution in [2.24, 2.45) is 0 Å². The Morgan fingerprint density at radius 2 is 1.84 bits per heavy atom. The van der Waals surface area contributed by atoms with E-state index in [4.69, 9.17) is 14.0 Å².